The Morgan fingerprint density at radius 3 is 2.63 bits per heavy atom. The zero-order valence-electron chi connectivity index (χ0n) is 13.6. The number of aromatic nitrogens is 2. The lowest BCUT2D eigenvalue weighted by Crippen LogP contribution is -2.20. The molecule has 3 rings (SSSR count). The number of carbonyl (C=O) groups is 1. The first-order valence-corrected chi connectivity index (χ1v) is 8.35. The molecule has 1 N–H and O–H groups in total. The average molecular weight is 407 g/mol. The van der Waals surface area contributed by atoms with Gasteiger partial charge in [0.25, 0.3) is 11.6 Å². The monoisotopic (exact) mass is 406 g/mol. The van der Waals surface area contributed by atoms with Crippen molar-refractivity contribution in [3.63, 3.8) is 0 Å². The molecule has 0 atom stereocenters. The molecule has 1 amide bonds. The fourth-order valence-corrected chi connectivity index (χ4v) is 2.49. The minimum Gasteiger partial charge on any atom is -0.471 e. The van der Waals surface area contributed by atoms with E-state index in [1.165, 1.54) is 35.1 Å². The first kappa shape index (κ1) is 18.7. The van der Waals surface area contributed by atoms with Crippen LogP contribution in [0.25, 0.3) is 0 Å². The molecule has 0 aliphatic rings. The van der Waals surface area contributed by atoms with Gasteiger partial charge in [-0.05, 0) is 36.4 Å². The lowest BCUT2D eigenvalue weighted by molar-refractivity contribution is -0.384. The maximum Gasteiger partial charge on any atom is 0.274 e. The predicted molar refractivity (Wildman–Crippen MR) is 100 cm³/mol. The van der Waals surface area contributed by atoms with E-state index in [0.29, 0.717) is 10.8 Å². The second-order valence-electron chi connectivity index (χ2n) is 5.32. The van der Waals surface area contributed by atoms with E-state index in [2.05, 4.69) is 10.4 Å². The molecule has 1 aromatic heterocycles. The number of hydrogen-bond acceptors (Lipinski definition) is 5. The highest BCUT2D eigenvalue weighted by Crippen LogP contribution is 2.27. The summed E-state index contributed by atoms with van der Waals surface area (Å²) < 4.78 is 6.91. The van der Waals surface area contributed by atoms with Gasteiger partial charge >= 0.3 is 0 Å². The van der Waals surface area contributed by atoms with Crippen LogP contribution in [0.2, 0.25) is 10.0 Å². The highest BCUT2D eigenvalue weighted by molar-refractivity contribution is 6.34. The molecule has 0 aliphatic heterocycles. The fourth-order valence-electron chi connectivity index (χ4n) is 2.20. The molecule has 0 unspecified atom stereocenters. The van der Waals surface area contributed by atoms with Gasteiger partial charge in [0, 0.05) is 23.4 Å². The van der Waals surface area contributed by atoms with E-state index in [9.17, 15) is 14.9 Å². The Kier molecular flexibility index (Phi) is 5.58. The summed E-state index contributed by atoms with van der Waals surface area (Å²) in [6, 6.07) is 12.0. The van der Waals surface area contributed by atoms with E-state index in [1.807, 2.05) is 0 Å². The van der Waals surface area contributed by atoms with Gasteiger partial charge in [-0.15, -0.1) is 0 Å². The van der Waals surface area contributed by atoms with E-state index in [4.69, 9.17) is 27.9 Å². The zero-order chi connectivity index (χ0) is 19.4. The number of carbonyl (C=O) groups excluding carboxylic acids is 1. The molecule has 0 saturated heterocycles. The van der Waals surface area contributed by atoms with E-state index < -0.39 is 10.8 Å². The number of non-ortho nitro benzene ring substituents is 1. The Balaban J connectivity index is 1.73. The first-order valence-electron chi connectivity index (χ1n) is 7.59. The van der Waals surface area contributed by atoms with Crippen molar-refractivity contribution in [3.05, 3.63) is 80.6 Å². The van der Waals surface area contributed by atoms with Gasteiger partial charge in [0.2, 0.25) is 0 Å². The molecule has 8 nitrogen and oxygen atoms in total. The first-order chi connectivity index (χ1) is 12.9. The summed E-state index contributed by atoms with van der Waals surface area (Å²) in [5, 5.41) is 18.2. The number of hydrogen-bond donors (Lipinski definition) is 1. The molecule has 0 bridgehead atoms. The van der Waals surface area contributed by atoms with Crippen LogP contribution in [0.4, 0.5) is 11.4 Å². The topological polar surface area (TPSA) is 99.3 Å². The predicted octanol–water partition coefficient (Wildman–Crippen LogP) is 4.39. The van der Waals surface area contributed by atoms with E-state index in [1.54, 1.807) is 24.3 Å². The summed E-state index contributed by atoms with van der Waals surface area (Å²) in [7, 11) is 0. The standard InChI is InChI=1S/C17H12Cl2N4O4/c18-11-1-4-13(5-2-11)27-10-22-16(7-8-20-22)17(24)21-15-9-12(23(25)26)3-6-14(15)19/h1-9H,10H2,(H,21,24). The van der Waals surface area contributed by atoms with Crippen LogP contribution >= 0.6 is 23.2 Å². The van der Waals surface area contributed by atoms with Gasteiger partial charge in [-0.1, -0.05) is 23.2 Å². The molecule has 3 aromatic rings. The molecule has 0 fully saturated rings. The summed E-state index contributed by atoms with van der Waals surface area (Å²) in [4.78, 5) is 22.8. The third-order valence-electron chi connectivity index (χ3n) is 3.53. The van der Waals surface area contributed by atoms with Crippen LogP contribution in [0.1, 0.15) is 10.5 Å². The van der Waals surface area contributed by atoms with Crippen molar-refractivity contribution in [2.45, 2.75) is 6.73 Å². The van der Waals surface area contributed by atoms with Crippen molar-refractivity contribution >= 4 is 40.5 Å². The summed E-state index contributed by atoms with van der Waals surface area (Å²) >= 11 is 11.8. The number of nitro benzene ring substituents is 1. The molecule has 138 valence electrons. The zero-order valence-corrected chi connectivity index (χ0v) is 15.1. The molecule has 0 radical (unpaired) electrons. The van der Waals surface area contributed by atoms with Gasteiger partial charge in [0.15, 0.2) is 6.73 Å². The third-order valence-corrected chi connectivity index (χ3v) is 4.11. The lowest BCUT2D eigenvalue weighted by Gasteiger charge is -2.11. The normalized spacial score (nSPS) is 10.4. The van der Waals surface area contributed by atoms with Gasteiger partial charge in [-0.2, -0.15) is 5.10 Å². The number of amides is 1. The fraction of sp³-hybridized carbons (Fsp3) is 0.0588. The summed E-state index contributed by atoms with van der Waals surface area (Å²) in [6.45, 7) is -0.0138. The lowest BCUT2D eigenvalue weighted by atomic mass is 10.2. The molecule has 10 heteroatoms. The van der Waals surface area contributed by atoms with Gasteiger partial charge < -0.3 is 10.1 Å². The van der Waals surface area contributed by atoms with Gasteiger partial charge in [0.1, 0.15) is 11.4 Å². The van der Waals surface area contributed by atoms with E-state index in [-0.39, 0.29) is 28.8 Å². The van der Waals surface area contributed by atoms with Crippen LogP contribution in [0, 0.1) is 10.1 Å². The molecule has 27 heavy (non-hydrogen) atoms. The van der Waals surface area contributed by atoms with Crippen molar-refractivity contribution in [3.8, 4) is 5.75 Å². The molecule has 0 spiro atoms. The number of rotatable bonds is 6. The van der Waals surface area contributed by atoms with Crippen LogP contribution in [-0.4, -0.2) is 20.6 Å². The number of ether oxygens (including phenoxy) is 1. The highest BCUT2D eigenvalue weighted by Gasteiger charge is 2.16. The number of halogens is 2. The Bertz CT molecular complexity index is 989. The number of anilines is 1. The van der Waals surface area contributed by atoms with E-state index in [0.717, 1.165) is 0 Å². The van der Waals surface area contributed by atoms with Gasteiger partial charge in [-0.25, -0.2) is 4.68 Å². The number of nitro groups is 1. The number of nitrogens with one attached hydrogen (secondary N) is 1. The Hall–Kier alpha value is -3.10. The number of nitrogens with zero attached hydrogens (tertiary/aromatic N) is 3. The molecule has 1 heterocycles. The van der Waals surface area contributed by atoms with Gasteiger partial charge in [-0.3, -0.25) is 14.9 Å². The smallest absolute Gasteiger partial charge is 0.274 e. The summed E-state index contributed by atoms with van der Waals surface area (Å²) in [5.41, 5.74) is 0.142. The molecular weight excluding hydrogens is 395 g/mol. The highest BCUT2D eigenvalue weighted by atomic mass is 35.5. The average Bonchev–Trinajstić information content (AvgIpc) is 3.11. The minimum absolute atomic E-state index is 0.0138. The van der Waals surface area contributed by atoms with Crippen molar-refractivity contribution in [2.24, 2.45) is 0 Å². The van der Waals surface area contributed by atoms with E-state index >= 15 is 0 Å². The maximum atomic E-state index is 12.5. The summed E-state index contributed by atoms with van der Waals surface area (Å²) in [6.07, 6.45) is 1.44. The second-order valence-corrected chi connectivity index (χ2v) is 6.16. The van der Waals surface area contributed by atoms with Crippen LogP contribution in [0.5, 0.6) is 5.75 Å². The van der Waals surface area contributed by atoms with Crippen molar-refractivity contribution < 1.29 is 14.5 Å². The Morgan fingerprint density at radius 1 is 1.19 bits per heavy atom. The van der Waals surface area contributed by atoms with Crippen LogP contribution in [0.3, 0.4) is 0 Å². The Morgan fingerprint density at radius 2 is 1.93 bits per heavy atom. The molecular formula is C17H12Cl2N4O4. The molecule has 0 aliphatic carbocycles. The van der Waals surface area contributed by atoms with Crippen LogP contribution in [0.15, 0.2) is 54.7 Å². The quantitative estimate of drug-likeness (QED) is 0.483. The van der Waals surface area contributed by atoms with Crippen molar-refractivity contribution in [2.75, 3.05) is 5.32 Å². The largest absolute Gasteiger partial charge is 0.471 e. The van der Waals surface area contributed by atoms with Crippen LogP contribution in [-0.2, 0) is 6.73 Å². The van der Waals surface area contributed by atoms with Gasteiger partial charge in [0.05, 0.1) is 15.6 Å². The minimum atomic E-state index is -0.573. The Labute approximate surface area is 163 Å². The van der Waals surface area contributed by atoms with Crippen LogP contribution < -0.4 is 10.1 Å². The maximum absolute atomic E-state index is 12.5. The van der Waals surface area contributed by atoms with Crippen molar-refractivity contribution in [1.29, 1.82) is 0 Å². The SMILES string of the molecule is O=C(Nc1cc([N+](=O)[O-])ccc1Cl)c1ccnn1COc1ccc(Cl)cc1. The van der Waals surface area contributed by atoms with Crippen molar-refractivity contribution in [1.82, 2.24) is 9.78 Å². The third kappa shape index (κ3) is 4.55. The molecule has 2 aromatic carbocycles. The second kappa shape index (κ2) is 8.07. The number of benzene rings is 2. The summed E-state index contributed by atoms with van der Waals surface area (Å²) in [5.74, 6) is 0.0255. The molecule has 0 saturated carbocycles.